The third kappa shape index (κ3) is 3.45. The minimum Gasteiger partial charge on any atom is -0.743 e. The summed E-state index contributed by atoms with van der Waals surface area (Å²) < 4.78 is 61.0. The van der Waals surface area contributed by atoms with E-state index in [1.807, 2.05) is 0 Å². The Labute approximate surface area is 133 Å². The summed E-state index contributed by atoms with van der Waals surface area (Å²) in [4.78, 5) is 11.5. The lowest BCUT2D eigenvalue weighted by atomic mass is 9.52. The number of rotatable bonds is 5. The Bertz CT molecular complexity index is 552. The Balaban J connectivity index is 1.47. The van der Waals surface area contributed by atoms with E-state index in [2.05, 4.69) is 10.1 Å². The van der Waals surface area contributed by atoms with Gasteiger partial charge in [-0.15, -0.1) is 0 Å². The fourth-order valence-electron chi connectivity index (χ4n) is 4.85. The number of halogens is 2. The molecule has 4 rings (SSSR count). The molecule has 0 radical (unpaired) electrons. The van der Waals surface area contributed by atoms with Gasteiger partial charge in [-0.25, -0.2) is 13.2 Å². The van der Waals surface area contributed by atoms with Crippen LogP contribution in [-0.2, 0) is 14.9 Å². The topological polar surface area (TPSA) is 95.5 Å². The van der Waals surface area contributed by atoms with Gasteiger partial charge in [-0.2, -0.15) is 8.78 Å². The fourth-order valence-corrected chi connectivity index (χ4v) is 5.05. The Morgan fingerprint density at radius 1 is 1.13 bits per heavy atom. The van der Waals surface area contributed by atoms with E-state index in [1.165, 1.54) is 32.1 Å². The van der Waals surface area contributed by atoms with Gasteiger partial charge in [-0.1, -0.05) is 0 Å². The van der Waals surface area contributed by atoms with Crippen molar-refractivity contribution >= 4 is 16.2 Å². The number of hydrogen-bond acceptors (Lipinski definition) is 5. The molecule has 4 bridgehead atoms. The second kappa shape index (κ2) is 5.84. The molecule has 9 heteroatoms. The summed E-state index contributed by atoms with van der Waals surface area (Å²) in [5.74, 6) is 3.05. The van der Waals surface area contributed by atoms with E-state index in [0.29, 0.717) is 24.3 Å². The van der Waals surface area contributed by atoms with E-state index in [0.717, 1.165) is 11.8 Å². The molecule has 132 valence electrons. The highest BCUT2D eigenvalue weighted by atomic mass is 32.2. The van der Waals surface area contributed by atoms with E-state index < -0.39 is 28.1 Å². The third-order valence-electron chi connectivity index (χ3n) is 5.64. The average Bonchev–Trinajstić information content (AvgIpc) is 2.42. The van der Waals surface area contributed by atoms with Crippen molar-refractivity contribution < 1.29 is 31.3 Å². The quantitative estimate of drug-likeness (QED) is 0.763. The van der Waals surface area contributed by atoms with Crippen molar-refractivity contribution in [3.8, 4) is 0 Å². The monoisotopic (exact) mass is 352 g/mol. The van der Waals surface area contributed by atoms with Crippen molar-refractivity contribution in [1.82, 2.24) is 5.32 Å². The molecule has 0 aliphatic heterocycles. The molecule has 4 aliphatic carbocycles. The van der Waals surface area contributed by atoms with Gasteiger partial charge in [0.2, 0.25) is 0 Å². The number of hydrogen-bond donors (Lipinski definition) is 1. The van der Waals surface area contributed by atoms with Gasteiger partial charge in [0.1, 0.15) is 0 Å². The molecular formula is C14H20F2NO5S-. The van der Waals surface area contributed by atoms with Crippen LogP contribution in [0.4, 0.5) is 13.6 Å². The lowest BCUT2D eigenvalue weighted by molar-refractivity contribution is -0.0364. The highest BCUT2D eigenvalue weighted by Crippen LogP contribution is 2.56. The summed E-state index contributed by atoms with van der Waals surface area (Å²) >= 11 is 0. The zero-order valence-corrected chi connectivity index (χ0v) is 13.4. The van der Waals surface area contributed by atoms with Gasteiger partial charge in [0.25, 0.3) is 0 Å². The Morgan fingerprint density at radius 2 is 1.65 bits per heavy atom. The number of ether oxygens (including phenoxy) is 1. The summed E-state index contributed by atoms with van der Waals surface area (Å²) in [5, 5.41) is -2.16. The van der Waals surface area contributed by atoms with Crippen molar-refractivity contribution in [2.24, 2.45) is 29.6 Å². The van der Waals surface area contributed by atoms with E-state index in [4.69, 9.17) is 0 Å². The smallest absolute Gasteiger partial charge is 0.407 e. The molecular weight excluding hydrogens is 332 g/mol. The highest BCUT2D eigenvalue weighted by molar-refractivity contribution is 7.86. The minimum absolute atomic E-state index is 0.333. The lowest BCUT2D eigenvalue weighted by Crippen LogP contribution is -2.49. The molecule has 6 nitrogen and oxygen atoms in total. The van der Waals surface area contributed by atoms with E-state index in [-0.39, 0.29) is 0 Å². The number of alkyl halides is 2. The third-order valence-corrected chi connectivity index (χ3v) is 6.49. The lowest BCUT2D eigenvalue weighted by Gasteiger charge is -2.54. The van der Waals surface area contributed by atoms with Crippen LogP contribution in [0.25, 0.3) is 0 Å². The molecule has 0 saturated heterocycles. The Morgan fingerprint density at radius 3 is 2.13 bits per heavy atom. The number of carbonyl (C=O) groups is 1. The van der Waals surface area contributed by atoms with Crippen LogP contribution < -0.4 is 5.32 Å². The maximum Gasteiger partial charge on any atom is 0.407 e. The van der Waals surface area contributed by atoms with E-state index in [9.17, 15) is 26.5 Å². The number of amides is 1. The summed E-state index contributed by atoms with van der Waals surface area (Å²) in [6.07, 6.45) is 4.87. The molecule has 0 spiro atoms. The van der Waals surface area contributed by atoms with E-state index in [1.54, 1.807) is 0 Å². The number of carbonyl (C=O) groups excluding carboxylic acids is 1. The number of nitrogens with one attached hydrogen (secondary N) is 1. The van der Waals surface area contributed by atoms with Crippen molar-refractivity contribution in [2.75, 3.05) is 13.2 Å². The van der Waals surface area contributed by atoms with Gasteiger partial charge < -0.3 is 14.6 Å². The average molecular weight is 352 g/mol. The summed E-state index contributed by atoms with van der Waals surface area (Å²) in [7, 11) is -5.84. The molecule has 0 heterocycles. The second-order valence-electron chi connectivity index (χ2n) is 7.14. The first kappa shape index (κ1) is 16.9. The maximum absolute atomic E-state index is 12.9. The Hall–Kier alpha value is -0.960. The van der Waals surface area contributed by atoms with Gasteiger partial charge >= 0.3 is 11.3 Å². The predicted molar refractivity (Wildman–Crippen MR) is 74.5 cm³/mol. The molecule has 0 atom stereocenters. The predicted octanol–water partition coefficient (Wildman–Crippen LogP) is 1.92. The molecule has 0 aromatic heterocycles. The SMILES string of the molecule is O=C(NCC1C2CC3CC(C2)CC1C3)OCC(F)(F)S(=O)(=O)[O-]. The first-order chi connectivity index (χ1) is 10.7. The first-order valence-corrected chi connectivity index (χ1v) is 9.30. The van der Waals surface area contributed by atoms with Crippen LogP contribution in [-0.4, -0.2) is 37.5 Å². The maximum atomic E-state index is 12.9. The normalized spacial score (nSPS) is 36.0. The Kier molecular flexibility index (Phi) is 4.29. The van der Waals surface area contributed by atoms with Crippen LogP contribution in [0.15, 0.2) is 0 Å². The van der Waals surface area contributed by atoms with Crippen LogP contribution in [0, 0.1) is 29.6 Å². The molecule has 1 N–H and O–H groups in total. The van der Waals surface area contributed by atoms with Crippen LogP contribution >= 0.6 is 0 Å². The highest BCUT2D eigenvalue weighted by Gasteiger charge is 2.48. The summed E-state index contributed by atoms with van der Waals surface area (Å²) in [6, 6.07) is 0. The molecule has 23 heavy (non-hydrogen) atoms. The van der Waals surface area contributed by atoms with Gasteiger partial charge in [0.05, 0.1) is 0 Å². The van der Waals surface area contributed by atoms with Crippen LogP contribution in [0.5, 0.6) is 0 Å². The van der Waals surface area contributed by atoms with Gasteiger partial charge in [-0.05, 0) is 61.7 Å². The van der Waals surface area contributed by atoms with Gasteiger partial charge in [0, 0.05) is 6.54 Å². The van der Waals surface area contributed by atoms with Gasteiger partial charge in [-0.3, -0.25) is 0 Å². The molecule has 4 fully saturated rings. The van der Waals surface area contributed by atoms with Crippen molar-refractivity contribution in [3.63, 3.8) is 0 Å². The fraction of sp³-hybridized carbons (Fsp3) is 0.929. The largest absolute Gasteiger partial charge is 0.743 e. The first-order valence-electron chi connectivity index (χ1n) is 7.89. The number of alkyl carbamates (subject to hydrolysis) is 1. The zero-order valence-electron chi connectivity index (χ0n) is 12.5. The molecule has 1 amide bonds. The summed E-state index contributed by atoms with van der Waals surface area (Å²) in [6.45, 7) is -1.41. The minimum atomic E-state index is -5.84. The van der Waals surface area contributed by atoms with Crippen molar-refractivity contribution in [2.45, 2.75) is 37.4 Å². The van der Waals surface area contributed by atoms with Crippen molar-refractivity contribution in [1.29, 1.82) is 0 Å². The van der Waals surface area contributed by atoms with Crippen LogP contribution in [0.2, 0.25) is 0 Å². The van der Waals surface area contributed by atoms with E-state index >= 15 is 0 Å². The molecule has 4 aliphatic rings. The molecule has 0 unspecified atom stereocenters. The zero-order chi connectivity index (χ0) is 16.8. The summed E-state index contributed by atoms with van der Waals surface area (Å²) in [5.41, 5.74) is 0. The van der Waals surface area contributed by atoms with Crippen molar-refractivity contribution in [3.05, 3.63) is 0 Å². The van der Waals surface area contributed by atoms with Crippen LogP contribution in [0.1, 0.15) is 32.1 Å². The van der Waals surface area contributed by atoms with Crippen LogP contribution in [0.3, 0.4) is 0 Å². The second-order valence-corrected chi connectivity index (χ2v) is 8.65. The molecule has 0 aromatic carbocycles. The standard InChI is InChI=1S/C14H21F2NO5S/c15-14(16,23(19,20)21)7-22-13(18)17-6-12-10-2-8-1-9(4-10)5-11(12)3-8/h8-12H,1-7H2,(H,17,18)(H,19,20,21)/p-1. The molecule has 0 aromatic rings. The molecule has 4 saturated carbocycles. The van der Waals surface area contributed by atoms with Gasteiger partial charge in [0.15, 0.2) is 16.7 Å².